The van der Waals surface area contributed by atoms with Crippen molar-refractivity contribution in [3.8, 4) is 12.3 Å². The summed E-state index contributed by atoms with van der Waals surface area (Å²) in [6, 6.07) is 0. The fourth-order valence-electron chi connectivity index (χ4n) is 0.579. The van der Waals surface area contributed by atoms with Gasteiger partial charge in [-0.15, -0.1) is 6.42 Å². The molecule has 60 valence electrons. The molecule has 1 nitrogen and oxygen atoms in total. The highest BCUT2D eigenvalue weighted by Gasteiger charge is 1.82. The molecule has 0 amide bonds. The summed E-state index contributed by atoms with van der Waals surface area (Å²) in [7, 11) is 0. The van der Waals surface area contributed by atoms with Crippen LogP contribution >= 0.6 is 0 Å². The summed E-state index contributed by atoms with van der Waals surface area (Å²) in [6.07, 6.45) is 10.1. The molecular formula is C10H15N. The van der Waals surface area contributed by atoms with Gasteiger partial charge in [-0.2, -0.15) is 0 Å². The number of allylic oxidation sites excluding steroid dienone is 3. The maximum absolute atomic E-state index is 5.39. The van der Waals surface area contributed by atoms with Crippen molar-refractivity contribution in [3.63, 3.8) is 0 Å². The van der Waals surface area contributed by atoms with E-state index in [1.807, 2.05) is 19.9 Å². The fourth-order valence-corrected chi connectivity index (χ4v) is 0.579. The van der Waals surface area contributed by atoms with Crippen molar-refractivity contribution >= 4 is 0 Å². The summed E-state index contributed by atoms with van der Waals surface area (Å²) in [4.78, 5) is 0. The van der Waals surface area contributed by atoms with Crippen LogP contribution in [0.15, 0.2) is 23.3 Å². The second-order valence-corrected chi connectivity index (χ2v) is 2.52. The third-order valence-electron chi connectivity index (χ3n) is 1.44. The Balaban J connectivity index is 3.83. The molecule has 0 aromatic heterocycles. The highest BCUT2D eigenvalue weighted by Crippen LogP contribution is 1.97. The first-order valence-electron chi connectivity index (χ1n) is 3.69. The molecule has 0 heterocycles. The molecule has 0 fully saturated rings. The molecule has 0 saturated heterocycles. The minimum atomic E-state index is 0.628. The van der Waals surface area contributed by atoms with Gasteiger partial charge in [-0.3, -0.25) is 0 Å². The first-order chi connectivity index (χ1) is 5.20. The third-order valence-corrected chi connectivity index (χ3v) is 1.44. The molecule has 0 bridgehead atoms. The number of hydrogen-bond donors (Lipinski definition) is 1. The van der Waals surface area contributed by atoms with E-state index in [0.29, 0.717) is 6.54 Å². The topological polar surface area (TPSA) is 26.0 Å². The average molecular weight is 149 g/mol. The van der Waals surface area contributed by atoms with Crippen LogP contribution in [0.5, 0.6) is 0 Å². The van der Waals surface area contributed by atoms with Gasteiger partial charge in [-0.1, -0.05) is 23.6 Å². The molecule has 0 aliphatic heterocycles. The predicted octanol–water partition coefficient (Wildman–Crippen LogP) is 1.86. The van der Waals surface area contributed by atoms with Crippen LogP contribution in [0.4, 0.5) is 0 Å². The van der Waals surface area contributed by atoms with E-state index < -0.39 is 0 Å². The first-order valence-corrected chi connectivity index (χ1v) is 3.69. The van der Waals surface area contributed by atoms with Crippen molar-refractivity contribution in [1.82, 2.24) is 0 Å². The van der Waals surface area contributed by atoms with Crippen LogP contribution in [-0.4, -0.2) is 6.54 Å². The van der Waals surface area contributed by atoms with Gasteiger partial charge in [0.05, 0.1) is 0 Å². The Morgan fingerprint density at radius 3 is 2.55 bits per heavy atom. The third kappa shape index (κ3) is 5.44. The average Bonchev–Trinajstić information content (AvgIpc) is 2.04. The van der Waals surface area contributed by atoms with Crippen LogP contribution in [-0.2, 0) is 0 Å². The van der Waals surface area contributed by atoms with Gasteiger partial charge in [0, 0.05) is 6.54 Å². The van der Waals surface area contributed by atoms with Crippen LogP contribution < -0.4 is 5.73 Å². The minimum absolute atomic E-state index is 0.628. The summed E-state index contributed by atoms with van der Waals surface area (Å²) in [5.74, 6) is 2.56. The van der Waals surface area contributed by atoms with E-state index in [1.165, 1.54) is 5.57 Å². The Hall–Kier alpha value is -1.00. The van der Waals surface area contributed by atoms with E-state index in [9.17, 15) is 0 Å². The van der Waals surface area contributed by atoms with Gasteiger partial charge in [0.2, 0.25) is 0 Å². The van der Waals surface area contributed by atoms with Crippen molar-refractivity contribution in [1.29, 1.82) is 0 Å². The van der Waals surface area contributed by atoms with E-state index in [-0.39, 0.29) is 0 Å². The SMILES string of the molecule is C#C/C(C)=C\C/C=C(\C)CN. The van der Waals surface area contributed by atoms with Crippen molar-refractivity contribution in [2.24, 2.45) is 5.73 Å². The molecule has 1 heteroatoms. The first kappa shape index (κ1) is 10.0. The molecular weight excluding hydrogens is 134 g/mol. The standard InChI is InChI=1S/C10H15N/c1-4-9(2)6-5-7-10(3)8-11/h1,6-7H,5,8,11H2,2-3H3/b9-6-,10-7+. The van der Waals surface area contributed by atoms with Crippen LogP contribution in [0.1, 0.15) is 20.3 Å². The minimum Gasteiger partial charge on any atom is -0.327 e. The maximum Gasteiger partial charge on any atom is 0.0134 e. The number of rotatable bonds is 3. The normalized spacial score (nSPS) is 12.9. The fraction of sp³-hybridized carbons (Fsp3) is 0.400. The smallest absolute Gasteiger partial charge is 0.0134 e. The molecule has 0 rings (SSSR count). The second-order valence-electron chi connectivity index (χ2n) is 2.52. The highest BCUT2D eigenvalue weighted by molar-refractivity contribution is 5.23. The summed E-state index contributed by atoms with van der Waals surface area (Å²) >= 11 is 0. The van der Waals surface area contributed by atoms with Gasteiger partial charge < -0.3 is 5.73 Å². The Morgan fingerprint density at radius 2 is 2.09 bits per heavy atom. The zero-order valence-corrected chi connectivity index (χ0v) is 7.22. The van der Waals surface area contributed by atoms with Crippen molar-refractivity contribution in [2.45, 2.75) is 20.3 Å². The molecule has 0 aromatic rings. The maximum atomic E-state index is 5.39. The molecule has 0 aliphatic rings. The molecule has 0 aliphatic carbocycles. The quantitative estimate of drug-likeness (QED) is 0.481. The molecule has 0 aromatic carbocycles. The van der Waals surface area contributed by atoms with E-state index in [0.717, 1.165) is 12.0 Å². The Kier molecular flexibility index (Phi) is 5.24. The summed E-state index contributed by atoms with van der Waals surface area (Å²) in [6.45, 7) is 4.56. The monoisotopic (exact) mass is 149 g/mol. The lowest BCUT2D eigenvalue weighted by Gasteiger charge is -1.92. The highest BCUT2D eigenvalue weighted by atomic mass is 14.5. The van der Waals surface area contributed by atoms with Crippen LogP contribution in [0, 0.1) is 12.3 Å². The van der Waals surface area contributed by atoms with Crippen LogP contribution in [0.25, 0.3) is 0 Å². The Bertz CT molecular complexity index is 203. The number of nitrogens with two attached hydrogens (primary N) is 1. The Morgan fingerprint density at radius 1 is 1.45 bits per heavy atom. The van der Waals surface area contributed by atoms with Crippen LogP contribution in [0.3, 0.4) is 0 Å². The number of hydrogen-bond acceptors (Lipinski definition) is 1. The van der Waals surface area contributed by atoms with E-state index in [2.05, 4.69) is 12.0 Å². The molecule has 2 N–H and O–H groups in total. The van der Waals surface area contributed by atoms with Crippen LogP contribution in [0.2, 0.25) is 0 Å². The van der Waals surface area contributed by atoms with Crippen molar-refractivity contribution in [2.75, 3.05) is 6.54 Å². The molecule has 0 radical (unpaired) electrons. The molecule has 11 heavy (non-hydrogen) atoms. The molecule has 0 saturated carbocycles. The van der Waals surface area contributed by atoms with E-state index in [1.54, 1.807) is 0 Å². The van der Waals surface area contributed by atoms with Gasteiger partial charge >= 0.3 is 0 Å². The van der Waals surface area contributed by atoms with E-state index >= 15 is 0 Å². The summed E-state index contributed by atoms with van der Waals surface area (Å²) in [5.41, 5.74) is 7.57. The summed E-state index contributed by atoms with van der Waals surface area (Å²) in [5, 5.41) is 0. The lowest BCUT2D eigenvalue weighted by Crippen LogP contribution is -1.99. The van der Waals surface area contributed by atoms with Gasteiger partial charge in [-0.05, 0) is 25.8 Å². The van der Waals surface area contributed by atoms with Crippen molar-refractivity contribution in [3.05, 3.63) is 23.3 Å². The zero-order chi connectivity index (χ0) is 8.69. The number of terminal acetylenes is 1. The lowest BCUT2D eigenvalue weighted by molar-refractivity contribution is 1.11. The molecule has 0 spiro atoms. The Labute approximate surface area is 69.0 Å². The van der Waals surface area contributed by atoms with Gasteiger partial charge in [0.25, 0.3) is 0 Å². The van der Waals surface area contributed by atoms with Crippen molar-refractivity contribution < 1.29 is 0 Å². The second kappa shape index (κ2) is 5.76. The predicted molar refractivity (Wildman–Crippen MR) is 50.0 cm³/mol. The zero-order valence-electron chi connectivity index (χ0n) is 7.22. The van der Waals surface area contributed by atoms with Gasteiger partial charge in [0.1, 0.15) is 0 Å². The molecule has 0 atom stereocenters. The summed E-state index contributed by atoms with van der Waals surface area (Å²) < 4.78 is 0. The molecule has 0 unspecified atom stereocenters. The van der Waals surface area contributed by atoms with E-state index in [4.69, 9.17) is 12.2 Å². The van der Waals surface area contributed by atoms with Gasteiger partial charge in [0.15, 0.2) is 0 Å². The largest absolute Gasteiger partial charge is 0.327 e. The lowest BCUT2D eigenvalue weighted by atomic mass is 10.2. The van der Waals surface area contributed by atoms with Gasteiger partial charge in [-0.25, -0.2) is 0 Å².